The van der Waals surface area contributed by atoms with Gasteiger partial charge in [0.2, 0.25) is 5.91 Å². The summed E-state index contributed by atoms with van der Waals surface area (Å²) in [4.78, 5) is 26.2. The van der Waals surface area contributed by atoms with Gasteiger partial charge in [-0.15, -0.1) is 0 Å². The summed E-state index contributed by atoms with van der Waals surface area (Å²) < 4.78 is 0. The number of anilines is 1. The molecule has 1 aromatic rings. The molecular weight excluding hydrogens is 234 g/mol. The molecule has 0 radical (unpaired) electrons. The summed E-state index contributed by atoms with van der Waals surface area (Å²) in [5.74, 6) is -1.22. The molecule has 1 amide bonds. The third-order valence-corrected chi connectivity index (χ3v) is 3.09. The fourth-order valence-corrected chi connectivity index (χ4v) is 2.09. The molecular formula is C12H15N3O3. The molecule has 4 N–H and O–H groups in total. The minimum absolute atomic E-state index is 0.0455. The van der Waals surface area contributed by atoms with Crippen LogP contribution in [0.25, 0.3) is 0 Å². The molecule has 6 nitrogen and oxygen atoms in total. The Hall–Kier alpha value is -1.95. The van der Waals surface area contributed by atoms with Crippen LogP contribution in [0.5, 0.6) is 0 Å². The molecule has 0 saturated heterocycles. The van der Waals surface area contributed by atoms with Gasteiger partial charge in [-0.05, 0) is 31.4 Å². The van der Waals surface area contributed by atoms with E-state index < -0.39 is 5.97 Å². The van der Waals surface area contributed by atoms with Crippen LogP contribution in [0, 0.1) is 5.92 Å². The standard InChI is InChI=1S/C12H15N3O3/c13-8-2-1-7(5-8)11(16)15-9-3-4-10(12(17)18)14-6-9/h3-4,6-8H,1-2,5,13H2,(H,15,16)(H,17,18). The minimum Gasteiger partial charge on any atom is -0.477 e. The molecule has 1 aromatic heterocycles. The van der Waals surface area contributed by atoms with Crippen molar-refractivity contribution in [1.82, 2.24) is 4.98 Å². The van der Waals surface area contributed by atoms with Crippen LogP contribution in [0.4, 0.5) is 5.69 Å². The Labute approximate surface area is 104 Å². The van der Waals surface area contributed by atoms with Crippen molar-refractivity contribution in [3.05, 3.63) is 24.0 Å². The quantitative estimate of drug-likeness (QED) is 0.736. The number of hydrogen-bond acceptors (Lipinski definition) is 4. The number of hydrogen-bond donors (Lipinski definition) is 3. The third-order valence-electron chi connectivity index (χ3n) is 3.09. The lowest BCUT2D eigenvalue weighted by atomic mass is 10.1. The first-order valence-electron chi connectivity index (χ1n) is 5.82. The molecule has 2 rings (SSSR count). The largest absolute Gasteiger partial charge is 0.477 e. The Kier molecular flexibility index (Phi) is 3.57. The lowest BCUT2D eigenvalue weighted by Gasteiger charge is -2.10. The van der Waals surface area contributed by atoms with Crippen molar-refractivity contribution in [3.63, 3.8) is 0 Å². The van der Waals surface area contributed by atoms with Gasteiger partial charge in [0.15, 0.2) is 0 Å². The van der Waals surface area contributed by atoms with Crippen LogP contribution < -0.4 is 11.1 Å². The van der Waals surface area contributed by atoms with Gasteiger partial charge in [0.25, 0.3) is 0 Å². The van der Waals surface area contributed by atoms with Gasteiger partial charge in [-0.25, -0.2) is 9.78 Å². The summed E-state index contributed by atoms with van der Waals surface area (Å²) in [6, 6.07) is 3.00. The van der Waals surface area contributed by atoms with Crippen molar-refractivity contribution >= 4 is 17.6 Å². The Balaban J connectivity index is 1.97. The molecule has 0 aliphatic heterocycles. The molecule has 1 saturated carbocycles. The van der Waals surface area contributed by atoms with E-state index in [9.17, 15) is 9.59 Å². The molecule has 0 bridgehead atoms. The maximum absolute atomic E-state index is 11.9. The second-order valence-electron chi connectivity index (χ2n) is 4.50. The minimum atomic E-state index is -1.09. The number of aromatic nitrogens is 1. The van der Waals surface area contributed by atoms with Crippen molar-refractivity contribution < 1.29 is 14.7 Å². The zero-order valence-corrected chi connectivity index (χ0v) is 9.80. The monoisotopic (exact) mass is 249 g/mol. The molecule has 0 spiro atoms. The van der Waals surface area contributed by atoms with Crippen LogP contribution in [0.3, 0.4) is 0 Å². The lowest BCUT2D eigenvalue weighted by molar-refractivity contribution is -0.119. The highest BCUT2D eigenvalue weighted by Crippen LogP contribution is 2.25. The molecule has 1 fully saturated rings. The zero-order valence-electron chi connectivity index (χ0n) is 9.80. The van der Waals surface area contributed by atoms with Crippen LogP contribution in [-0.2, 0) is 4.79 Å². The van der Waals surface area contributed by atoms with Crippen LogP contribution in [0.1, 0.15) is 29.8 Å². The first-order chi connectivity index (χ1) is 8.56. The average Bonchev–Trinajstić information content (AvgIpc) is 2.76. The highest BCUT2D eigenvalue weighted by molar-refractivity contribution is 5.93. The van der Waals surface area contributed by atoms with Crippen molar-refractivity contribution in [3.8, 4) is 0 Å². The average molecular weight is 249 g/mol. The van der Waals surface area contributed by atoms with E-state index in [4.69, 9.17) is 10.8 Å². The highest BCUT2D eigenvalue weighted by atomic mass is 16.4. The number of nitrogens with two attached hydrogens (primary N) is 1. The van der Waals surface area contributed by atoms with E-state index in [1.807, 2.05) is 0 Å². The van der Waals surface area contributed by atoms with Crippen LogP contribution in [-0.4, -0.2) is 28.0 Å². The summed E-state index contributed by atoms with van der Waals surface area (Å²) in [5.41, 5.74) is 6.21. The lowest BCUT2D eigenvalue weighted by Crippen LogP contribution is -2.23. The summed E-state index contributed by atoms with van der Waals surface area (Å²) in [6.07, 6.45) is 3.71. The Morgan fingerprint density at radius 2 is 2.17 bits per heavy atom. The van der Waals surface area contributed by atoms with E-state index >= 15 is 0 Å². The van der Waals surface area contributed by atoms with Crippen LogP contribution in [0.15, 0.2) is 18.3 Å². The fourth-order valence-electron chi connectivity index (χ4n) is 2.09. The first-order valence-corrected chi connectivity index (χ1v) is 5.82. The van der Waals surface area contributed by atoms with E-state index in [0.717, 1.165) is 12.8 Å². The number of carboxylic acids is 1. The van der Waals surface area contributed by atoms with Crippen molar-refractivity contribution in [1.29, 1.82) is 0 Å². The smallest absolute Gasteiger partial charge is 0.354 e. The van der Waals surface area contributed by atoms with Gasteiger partial charge in [0, 0.05) is 12.0 Å². The molecule has 1 aliphatic carbocycles. The van der Waals surface area contributed by atoms with E-state index in [1.54, 1.807) is 0 Å². The summed E-state index contributed by atoms with van der Waals surface area (Å²) in [6.45, 7) is 0. The van der Waals surface area contributed by atoms with Crippen molar-refractivity contribution in [2.45, 2.75) is 25.3 Å². The van der Waals surface area contributed by atoms with Gasteiger partial charge in [0.1, 0.15) is 5.69 Å². The Bertz CT molecular complexity index is 458. The number of pyridine rings is 1. The van der Waals surface area contributed by atoms with Gasteiger partial charge in [-0.2, -0.15) is 0 Å². The van der Waals surface area contributed by atoms with Crippen LogP contribution >= 0.6 is 0 Å². The molecule has 2 unspecified atom stereocenters. The fraction of sp³-hybridized carbons (Fsp3) is 0.417. The summed E-state index contributed by atoms with van der Waals surface area (Å²) >= 11 is 0. The number of aromatic carboxylic acids is 1. The number of nitrogens with zero attached hydrogens (tertiary/aromatic N) is 1. The van der Waals surface area contributed by atoms with Gasteiger partial charge in [0.05, 0.1) is 11.9 Å². The predicted octanol–water partition coefficient (Wildman–Crippen LogP) is 0.846. The molecule has 0 aromatic carbocycles. The van der Waals surface area contributed by atoms with Crippen molar-refractivity contribution in [2.75, 3.05) is 5.32 Å². The van der Waals surface area contributed by atoms with Crippen molar-refractivity contribution in [2.24, 2.45) is 11.7 Å². The SMILES string of the molecule is NC1CCC(C(=O)Nc2ccc(C(=O)O)nc2)C1. The highest BCUT2D eigenvalue weighted by Gasteiger charge is 2.27. The van der Waals surface area contributed by atoms with Gasteiger partial charge in [-0.1, -0.05) is 0 Å². The van der Waals surface area contributed by atoms with Gasteiger partial charge < -0.3 is 16.2 Å². The van der Waals surface area contributed by atoms with E-state index in [-0.39, 0.29) is 23.6 Å². The number of carboxylic acid groups (broad SMARTS) is 1. The van der Waals surface area contributed by atoms with E-state index in [0.29, 0.717) is 12.1 Å². The number of carbonyl (C=O) groups excluding carboxylic acids is 1. The Morgan fingerprint density at radius 1 is 1.39 bits per heavy atom. The molecule has 6 heteroatoms. The molecule has 96 valence electrons. The normalized spacial score (nSPS) is 22.7. The molecule has 18 heavy (non-hydrogen) atoms. The number of amides is 1. The number of rotatable bonds is 3. The molecule has 2 atom stereocenters. The zero-order chi connectivity index (χ0) is 13.1. The van der Waals surface area contributed by atoms with Gasteiger partial charge >= 0.3 is 5.97 Å². The number of carbonyl (C=O) groups is 2. The molecule has 1 heterocycles. The third kappa shape index (κ3) is 2.84. The first kappa shape index (κ1) is 12.5. The maximum atomic E-state index is 11.9. The second-order valence-corrected chi connectivity index (χ2v) is 4.50. The van der Waals surface area contributed by atoms with Crippen LogP contribution in [0.2, 0.25) is 0 Å². The predicted molar refractivity (Wildman–Crippen MR) is 65.1 cm³/mol. The van der Waals surface area contributed by atoms with E-state index in [1.165, 1.54) is 18.3 Å². The summed E-state index contributed by atoms with van der Waals surface area (Å²) in [7, 11) is 0. The maximum Gasteiger partial charge on any atom is 0.354 e. The van der Waals surface area contributed by atoms with Gasteiger partial charge in [-0.3, -0.25) is 4.79 Å². The Morgan fingerprint density at radius 3 is 2.67 bits per heavy atom. The van der Waals surface area contributed by atoms with E-state index in [2.05, 4.69) is 10.3 Å². The topological polar surface area (TPSA) is 105 Å². The molecule has 1 aliphatic rings. The number of nitrogens with one attached hydrogen (secondary N) is 1. The summed E-state index contributed by atoms with van der Waals surface area (Å²) in [5, 5.41) is 11.4. The second kappa shape index (κ2) is 5.14.